The molecule has 0 spiro atoms. The number of rotatable bonds is 7. The van der Waals surface area contributed by atoms with Crippen LogP contribution in [0.3, 0.4) is 0 Å². The van der Waals surface area contributed by atoms with E-state index in [0.29, 0.717) is 4.90 Å². The highest BCUT2D eigenvalue weighted by Gasteiger charge is 2.40. The van der Waals surface area contributed by atoms with Crippen LogP contribution in [0.4, 0.5) is 13.2 Å². The molecule has 144 valence electrons. The summed E-state index contributed by atoms with van der Waals surface area (Å²) in [4.78, 5) is 23.9. The molecule has 2 aromatic rings. The molecule has 4 nitrogen and oxygen atoms in total. The molecule has 27 heavy (non-hydrogen) atoms. The van der Waals surface area contributed by atoms with Gasteiger partial charge in [-0.15, -0.1) is 11.8 Å². The molecule has 0 aliphatic carbocycles. The molecule has 2 N–H and O–H groups in total. The lowest BCUT2D eigenvalue weighted by molar-refractivity contribution is -0.149. The zero-order valence-corrected chi connectivity index (χ0v) is 15.2. The topological polar surface area (TPSA) is 66.4 Å². The highest BCUT2D eigenvalue weighted by Crippen LogP contribution is 2.34. The van der Waals surface area contributed by atoms with Crippen LogP contribution in [0.5, 0.6) is 0 Å². The van der Waals surface area contributed by atoms with E-state index in [2.05, 4.69) is 5.32 Å². The molecule has 0 saturated heterocycles. The van der Waals surface area contributed by atoms with Crippen LogP contribution in [0.15, 0.2) is 59.5 Å². The van der Waals surface area contributed by atoms with E-state index in [-0.39, 0.29) is 11.1 Å². The standard InChI is InChI=1S/C19H18F3NO3S/c1-12(18(25)26)27-16-10-6-5-9-14(16)17(24)23-11-15(19(20,21)22)13-7-3-2-4-8-13/h2-10,12,15H,11H2,1H3,(H,23,24)(H,25,26). The van der Waals surface area contributed by atoms with Crippen molar-refractivity contribution >= 4 is 23.6 Å². The minimum Gasteiger partial charge on any atom is -0.480 e. The normalized spacial score (nSPS) is 13.6. The van der Waals surface area contributed by atoms with Crippen LogP contribution in [0.2, 0.25) is 0 Å². The summed E-state index contributed by atoms with van der Waals surface area (Å²) in [7, 11) is 0. The lowest BCUT2D eigenvalue weighted by Gasteiger charge is -2.21. The monoisotopic (exact) mass is 397 g/mol. The summed E-state index contributed by atoms with van der Waals surface area (Å²) in [5.74, 6) is -3.56. The van der Waals surface area contributed by atoms with Gasteiger partial charge in [0.2, 0.25) is 0 Å². The number of benzene rings is 2. The molecule has 0 aliphatic rings. The molecule has 1 amide bonds. The summed E-state index contributed by atoms with van der Waals surface area (Å²) >= 11 is 0.960. The summed E-state index contributed by atoms with van der Waals surface area (Å²) in [5, 5.41) is 10.5. The molecule has 0 bridgehead atoms. The van der Waals surface area contributed by atoms with Gasteiger partial charge in [0.1, 0.15) is 5.25 Å². The Labute approximate surface area is 158 Å². The molecular weight excluding hydrogens is 379 g/mol. The molecule has 2 atom stereocenters. The predicted molar refractivity (Wildman–Crippen MR) is 97.0 cm³/mol. The second-order valence-corrected chi connectivity index (χ2v) is 7.19. The summed E-state index contributed by atoms with van der Waals surface area (Å²) in [6.45, 7) is 0.858. The number of hydrogen-bond donors (Lipinski definition) is 2. The lowest BCUT2D eigenvalue weighted by atomic mass is 9.98. The van der Waals surface area contributed by atoms with Crippen molar-refractivity contribution in [2.45, 2.75) is 29.2 Å². The molecule has 2 rings (SSSR count). The average molecular weight is 397 g/mol. The fourth-order valence-electron chi connectivity index (χ4n) is 2.40. The van der Waals surface area contributed by atoms with Crippen molar-refractivity contribution in [2.24, 2.45) is 0 Å². The van der Waals surface area contributed by atoms with Crippen molar-refractivity contribution in [1.82, 2.24) is 5.32 Å². The third-order valence-electron chi connectivity index (χ3n) is 3.85. The smallest absolute Gasteiger partial charge is 0.397 e. The van der Waals surface area contributed by atoms with Gasteiger partial charge in [-0.3, -0.25) is 9.59 Å². The molecule has 0 heterocycles. The van der Waals surface area contributed by atoms with Gasteiger partial charge in [-0.25, -0.2) is 0 Å². The van der Waals surface area contributed by atoms with E-state index < -0.39 is 35.8 Å². The van der Waals surface area contributed by atoms with Gasteiger partial charge in [0.15, 0.2) is 0 Å². The van der Waals surface area contributed by atoms with Crippen LogP contribution >= 0.6 is 11.8 Å². The Bertz CT molecular complexity index is 796. The van der Waals surface area contributed by atoms with Crippen LogP contribution in [0.25, 0.3) is 0 Å². The Morgan fingerprint density at radius 2 is 1.67 bits per heavy atom. The number of carbonyl (C=O) groups excluding carboxylic acids is 1. The van der Waals surface area contributed by atoms with E-state index in [9.17, 15) is 22.8 Å². The quantitative estimate of drug-likeness (QED) is 0.683. The Morgan fingerprint density at radius 1 is 1.07 bits per heavy atom. The third-order valence-corrected chi connectivity index (χ3v) is 5.01. The number of carboxylic acids is 1. The first kappa shape index (κ1) is 20.8. The van der Waals surface area contributed by atoms with Gasteiger partial charge in [-0.1, -0.05) is 42.5 Å². The highest BCUT2D eigenvalue weighted by molar-refractivity contribution is 8.00. The first-order valence-electron chi connectivity index (χ1n) is 8.08. The van der Waals surface area contributed by atoms with Gasteiger partial charge < -0.3 is 10.4 Å². The number of hydrogen-bond acceptors (Lipinski definition) is 3. The van der Waals surface area contributed by atoms with Crippen molar-refractivity contribution < 1.29 is 27.9 Å². The minimum atomic E-state index is -4.51. The molecule has 0 radical (unpaired) electrons. The molecule has 0 aromatic heterocycles. The van der Waals surface area contributed by atoms with E-state index >= 15 is 0 Å². The number of carbonyl (C=O) groups is 2. The zero-order chi connectivity index (χ0) is 20.0. The van der Waals surface area contributed by atoms with Gasteiger partial charge in [-0.2, -0.15) is 13.2 Å². The Morgan fingerprint density at radius 3 is 2.26 bits per heavy atom. The van der Waals surface area contributed by atoms with Gasteiger partial charge in [0.25, 0.3) is 5.91 Å². The van der Waals surface area contributed by atoms with E-state index in [0.717, 1.165) is 11.8 Å². The minimum absolute atomic E-state index is 0.0625. The summed E-state index contributed by atoms with van der Waals surface area (Å²) in [6.07, 6.45) is -4.51. The maximum atomic E-state index is 13.4. The molecule has 0 fully saturated rings. The fourth-order valence-corrected chi connectivity index (χ4v) is 3.32. The van der Waals surface area contributed by atoms with Crippen LogP contribution in [0.1, 0.15) is 28.8 Å². The summed E-state index contributed by atoms with van der Waals surface area (Å²) < 4.78 is 40.1. The van der Waals surface area contributed by atoms with Crippen molar-refractivity contribution in [3.05, 3.63) is 65.7 Å². The van der Waals surface area contributed by atoms with E-state index in [1.807, 2.05) is 0 Å². The Hall–Kier alpha value is -2.48. The summed E-state index contributed by atoms with van der Waals surface area (Å²) in [5.41, 5.74) is 0.206. The average Bonchev–Trinajstić information content (AvgIpc) is 2.61. The second kappa shape index (κ2) is 8.94. The molecular formula is C19H18F3NO3S. The van der Waals surface area contributed by atoms with Crippen LogP contribution in [-0.4, -0.2) is 35.0 Å². The molecule has 0 aliphatic heterocycles. The molecule has 0 saturated carbocycles. The largest absolute Gasteiger partial charge is 0.480 e. The van der Waals surface area contributed by atoms with Crippen LogP contribution in [-0.2, 0) is 4.79 Å². The lowest BCUT2D eigenvalue weighted by Crippen LogP contribution is -2.35. The van der Waals surface area contributed by atoms with Gasteiger partial charge >= 0.3 is 12.1 Å². The number of aliphatic carboxylic acids is 1. The Kier molecular flexibility index (Phi) is 6.90. The highest BCUT2D eigenvalue weighted by atomic mass is 32.2. The van der Waals surface area contributed by atoms with Crippen LogP contribution in [0, 0.1) is 0 Å². The van der Waals surface area contributed by atoms with E-state index in [4.69, 9.17) is 5.11 Å². The van der Waals surface area contributed by atoms with Crippen LogP contribution < -0.4 is 5.32 Å². The fraction of sp³-hybridized carbons (Fsp3) is 0.263. The number of alkyl halides is 3. The van der Waals surface area contributed by atoms with Gasteiger partial charge in [0, 0.05) is 11.4 Å². The number of thioether (sulfide) groups is 1. The van der Waals surface area contributed by atoms with Crippen molar-refractivity contribution in [3.8, 4) is 0 Å². The van der Waals surface area contributed by atoms with Gasteiger partial charge in [-0.05, 0) is 24.6 Å². The first-order chi connectivity index (χ1) is 12.7. The van der Waals surface area contributed by atoms with Gasteiger partial charge in [0.05, 0.1) is 11.5 Å². The maximum Gasteiger partial charge on any atom is 0.397 e. The van der Waals surface area contributed by atoms with Crippen molar-refractivity contribution in [2.75, 3.05) is 6.54 Å². The zero-order valence-electron chi connectivity index (χ0n) is 14.4. The Balaban J connectivity index is 2.16. The van der Waals surface area contributed by atoms with Crippen molar-refractivity contribution in [3.63, 3.8) is 0 Å². The van der Waals surface area contributed by atoms with E-state index in [1.54, 1.807) is 24.3 Å². The molecule has 8 heteroatoms. The number of carboxylic acid groups (broad SMARTS) is 1. The van der Waals surface area contributed by atoms with Crippen molar-refractivity contribution in [1.29, 1.82) is 0 Å². The second-order valence-electron chi connectivity index (χ2n) is 5.81. The number of nitrogens with one attached hydrogen (secondary N) is 1. The number of halogens is 3. The van der Waals surface area contributed by atoms with E-state index in [1.165, 1.54) is 37.3 Å². The number of amides is 1. The maximum absolute atomic E-state index is 13.4. The third kappa shape index (κ3) is 5.75. The SMILES string of the molecule is CC(Sc1ccccc1C(=O)NCC(c1ccccc1)C(F)(F)F)C(=O)O. The summed E-state index contributed by atoms with van der Waals surface area (Å²) in [6, 6.07) is 13.6. The molecule has 2 unspecified atom stereocenters. The molecule has 2 aromatic carbocycles. The predicted octanol–water partition coefficient (Wildman–Crippen LogP) is 4.33. The first-order valence-corrected chi connectivity index (χ1v) is 8.96.